The summed E-state index contributed by atoms with van der Waals surface area (Å²) in [6.07, 6.45) is 4.64. The van der Waals surface area contributed by atoms with E-state index in [1.165, 1.54) is 12.1 Å². The molecule has 2 N–H and O–H groups in total. The molecule has 1 aliphatic rings. The van der Waals surface area contributed by atoms with E-state index in [4.69, 9.17) is 18.0 Å². The first-order chi connectivity index (χ1) is 9.59. The van der Waals surface area contributed by atoms with Crippen LogP contribution in [0.5, 0.6) is 0 Å². The summed E-state index contributed by atoms with van der Waals surface area (Å²) in [6.45, 7) is 0.465. The molecule has 1 aliphatic carbocycles. The van der Waals surface area contributed by atoms with Gasteiger partial charge in [-0.15, -0.1) is 0 Å². The van der Waals surface area contributed by atoms with Gasteiger partial charge in [0.2, 0.25) is 0 Å². The molecular weight excluding hydrogens is 275 g/mol. The highest BCUT2D eigenvalue weighted by Gasteiger charge is 2.28. The minimum atomic E-state index is -0.476. The minimum Gasteiger partial charge on any atom is -0.393 e. The lowest BCUT2D eigenvalue weighted by Gasteiger charge is -2.29. The lowest BCUT2D eigenvalue weighted by atomic mass is 10.1. The van der Waals surface area contributed by atoms with Crippen molar-refractivity contribution in [1.29, 1.82) is 0 Å². The van der Waals surface area contributed by atoms with Crippen LogP contribution >= 0.6 is 12.2 Å². The van der Waals surface area contributed by atoms with Gasteiger partial charge in [0.05, 0.1) is 10.6 Å². The summed E-state index contributed by atoms with van der Waals surface area (Å²) in [5.41, 5.74) is 5.65. The van der Waals surface area contributed by atoms with E-state index in [9.17, 15) is 9.18 Å². The van der Waals surface area contributed by atoms with Crippen molar-refractivity contribution in [3.63, 3.8) is 0 Å². The summed E-state index contributed by atoms with van der Waals surface area (Å²) in [7, 11) is 0. The zero-order valence-electron chi connectivity index (χ0n) is 11.3. The summed E-state index contributed by atoms with van der Waals surface area (Å²) in [4.78, 5) is 14.7. The number of halogens is 1. The number of hydrogen-bond donors (Lipinski definition) is 1. The number of carbonyl (C=O) groups is 1. The number of nitrogens with zero attached hydrogens (tertiary/aromatic N) is 1. The van der Waals surface area contributed by atoms with Gasteiger partial charge in [0, 0.05) is 19.0 Å². The number of nitrogens with two attached hydrogens (primary N) is 1. The second-order valence-corrected chi connectivity index (χ2v) is 5.66. The molecule has 1 aromatic rings. The molecule has 0 atom stereocenters. The number of rotatable bonds is 5. The third kappa shape index (κ3) is 3.54. The number of hydrogen-bond acceptors (Lipinski definition) is 2. The van der Waals surface area contributed by atoms with Gasteiger partial charge in [-0.05, 0) is 25.0 Å². The van der Waals surface area contributed by atoms with Gasteiger partial charge in [-0.2, -0.15) is 0 Å². The Morgan fingerprint density at radius 1 is 1.35 bits per heavy atom. The molecule has 0 saturated heterocycles. The Morgan fingerprint density at radius 3 is 2.60 bits per heavy atom. The van der Waals surface area contributed by atoms with E-state index in [1.807, 2.05) is 0 Å². The van der Waals surface area contributed by atoms with Crippen LogP contribution in [0.2, 0.25) is 0 Å². The van der Waals surface area contributed by atoms with Crippen LogP contribution in [0.4, 0.5) is 4.39 Å². The largest absolute Gasteiger partial charge is 0.393 e. The molecule has 0 unspecified atom stereocenters. The Balaban J connectivity index is 2.18. The van der Waals surface area contributed by atoms with Crippen molar-refractivity contribution in [3.8, 4) is 0 Å². The molecule has 0 radical (unpaired) electrons. The maximum Gasteiger partial charge on any atom is 0.257 e. The van der Waals surface area contributed by atoms with Crippen molar-refractivity contribution >= 4 is 23.1 Å². The molecular formula is C15H19FN2OS. The molecule has 108 valence electrons. The van der Waals surface area contributed by atoms with E-state index < -0.39 is 5.82 Å². The first-order valence-electron chi connectivity index (χ1n) is 6.93. The average Bonchev–Trinajstić information content (AvgIpc) is 2.93. The van der Waals surface area contributed by atoms with Gasteiger partial charge >= 0.3 is 0 Å². The van der Waals surface area contributed by atoms with Crippen LogP contribution in [-0.2, 0) is 0 Å². The van der Waals surface area contributed by atoms with Gasteiger partial charge in [-0.3, -0.25) is 4.79 Å². The molecule has 20 heavy (non-hydrogen) atoms. The molecule has 3 nitrogen and oxygen atoms in total. The quantitative estimate of drug-likeness (QED) is 0.849. The van der Waals surface area contributed by atoms with Crippen LogP contribution in [0.1, 0.15) is 42.5 Å². The van der Waals surface area contributed by atoms with Gasteiger partial charge in [0.1, 0.15) is 5.82 Å². The predicted molar refractivity (Wildman–Crippen MR) is 81.1 cm³/mol. The zero-order chi connectivity index (χ0) is 14.5. The van der Waals surface area contributed by atoms with Crippen LogP contribution < -0.4 is 5.73 Å². The van der Waals surface area contributed by atoms with Gasteiger partial charge < -0.3 is 10.6 Å². The van der Waals surface area contributed by atoms with E-state index in [0.717, 1.165) is 25.7 Å². The Hall–Kier alpha value is -1.49. The molecule has 5 heteroatoms. The topological polar surface area (TPSA) is 46.3 Å². The molecule has 0 bridgehead atoms. The molecule has 0 spiro atoms. The first-order valence-corrected chi connectivity index (χ1v) is 7.34. The second-order valence-electron chi connectivity index (χ2n) is 5.13. The predicted octanol–water partition coefficient (Wildman–Crippen LogP) is 2.89. The molecule has 2 rings (SSSR count). The molecule has 1 saturated carbocycles. The first kappa shape index (κ1) is 14.9. The molecule has 1 aromatic carbocycles. The Morgan fingerprint density at radius 2 is 2.00 bits per heavy atom. The Bertz CT molecular complexity index is 500. The lowest BCUT2D eigenvalue weighted by Crippen LogP contribution is -2.41. The van der Waals surface area contributed by atoms with E-state index in [-0.39, 0.29) is 17.5 Å². The van der Waals surface area contributed by atoms with Crippen LogP contribution in [0.25, 0.3) is 0 Å². The van der Waals surface area contributed by atoms with Crippen molar-refractivity contribution in [2.24, 2.45) is 5.73 Å². The Labute approximate surface area is 123 Å². The molecule has 1 fully saturated rings. The van der Waals surface area contributed by atoms with Crippen molar-refractivity contribution in [2.45, 2.75) is 38.1 Å². The normalized spacial score (nSPS) is 15.2. The van der Waals surface area contributed by atoms with Gasteiger partial charge in [0.15, 0.2) is 0 Å². The van der Waals surface area contributed by atoms with Crippen LogP contribution in [0, 0.1) is 5.82 Å². The van der Waals surface area contributed by atoms with Crippen molar-refractivity contribution in [3.05, 3.63) is 35.6 Å². The Kier molecular flexibility index (Phi) is 5.06. The highest BCUT2D eigenvalue weighted by atomic mass is 32.1. The van der Waals surface area contributed by atoms with Crippen LogP contribution in [-0.4, -0.2) is 28.4 Å². The third-order valence-corrected chi connectivity index (χ3v) is 3.93. The van der Waals surface area contributed by atoms with E-state index in [2.05, 4.69) is 0 Å². The van der Waals surface area contributed by atoms with E-state index in [1.54, 1.807) is 17.0 Å². The smallest absolute Gasteiger partial charge is 0.257 e. The van der Waals surface area contributed by atoms with Crippen molar-refractivity contribution in [2.75, 3.05) is 6.54 Å². The molecule has 0 heterocycles. The zero-order valence-corrected chi connectivity index (χ0v) is 12.2. The van der Waals surface area contributed by atoms with Gasteiger partial charge in [-0.25, -0.2) is 4.39 Å². The number of carbonyl (C=O) groups excluding carboxylic acids is 1. The number of amides is 1. The standard InChI is InChI=1S/C15H19FN2OS/c16-13-8-4-3-7-12(13)15(19)18(10-9-14(17)20)11-5-1-2-6-11/h3-4,7-8,11H,1-2,5-6,9-10H2,(H2,17,20). The summed E-state index contributed by atoms with van der Waals surface area (Å²) in [5.74, 6) is -0.734. The second kappa shape index (κ2) is 6.79. The maximum absolute atomic E-state index is 13.8. The fourth-order valence-electron chi connectivity index (χ4n) is 2.69. The summed E-state index contributed by atoms with van der Waals surface area (Å²) >= 11 is 4.88. The van der Waals surface area contributed by atoms with Crippen molar-refractivity contribution < 1.29 is 9.18 Å². The van der Waals surface area contributed by atoms with E-state index >= 15 is 0 Å². The average molecular weight is 294 g/mol. The number of thiocarbonyl (C=S) groups is 1. The maximum atomic E-state index is 13.8. The molecule has 1 amide bonds. The number of benzene rings is 1. The summed E-state index contributed by atoms with van der Waals surface area (Å²) < 4.78 is 13.8. The van der Waals surface area contributed by atoms with Gasteiger partial charge in [0.25, 0.3) is 5.91 Å². The van der Waals surface area contributed by atoms with Gasteiger partial charge in [-0.1, -0.05) is 37.2 Å². The van der Waals surface area contributed by atoms with Crippen molar-refractivity contribution in [1.82, 2.24) is 4.90 Å². The summed E-state index contributed by atoms with van der Waals surface area (Å²) in [6, 6.07) is 6.28. The van der Waals surface area contributed by atoms with E-state index in [0.29, 0.717) is 18.0 Å². The fraction of sp³-hybridized carbons (Fsp3) is 0.467. The minimum absolute atomic E-state index is 0.127. The summed E-state index contributed by atoms with van der Waals surface area (Å²) in [5, 5.41) is 0. The molecule has 0 aromatic heterocycles. The molecule has 0 aliphatic heterocycles. The monoisotopic (exact) mass is 294 g/mol. The fourth-order valence-corrected chi connectivity index (χ4v) is 2.78. The SMILES string of the molecule is NC(=S)CCN(C(=O)c1ccccc1F)C1CCCC1. The lowest BCUT2D eigenvalue weighted by molar-refractivity contribution is 0.0683. The highest BCUT2D eigenvalue weighted by molar-refractivity contribution is 7.80. The van der Waals surface area contributed by atoms with Crippen LogP contribution in [0.3, 0.4) is 0 Å². The van der Waals surface area contributed by atoms with Crippen LogP contribution in [0.15, 0.2) is 24.3 Å². The third-order valence-electron chi connectivity index (χ3n) is 3.73. The highest BCUT2D eigenvalue weighted by Crippen LogP contribution is 2.25.